The average Bonchev–Trinajstić information content (AvgIpc) is 3.33. The maximum absolute atomic E-state index is 14.1. The molecule has 3 N–H and O–H groups in total. The monoisotopic (exact) mass is 546 g/mol. The zero-order valence-corrected chi connectivity index (χ0v) is 22.8. The van der Waals surface area contributed by atoms with E-state index >= 15 is 0 Å². The fourth-order valence-electron chi connectivity index (χ4n) is 5.97. The molecule has 0 bridgehead atoms. The number of halogens is 2. The minimum absolute atomic E-state index is 0.141. The zero-order valence-electron chi connectivity index (χ0n) is 21.3. The number of carbonyl (C=O) groups excluding carboxylic acids is 2. The molecule has 0 aromatic heterocycles. The average molecular weight is 547 g/mol. The number of fused-ring (bicyclic) bond motifs is 2. The Labute approximate surface area is 232 Å². The van der Waals surface area contributed by atoms with E-state index in [-0.39, 0.29) is 23.3 Å². The van der Waals surface area contributed by atoms with Crippen LogP contribution in [0.3, 0.4) is 0 Å². The lowest BCUT2D eigenvalue weighted by Gasteiger charge is -2.37. The lowest BCUT2D eigenvalue weighted by atomic mass is 9.62. The number of amides is 2. The quantitative estimate of drug-likeness (QED) is 0.360. The molecule has 1 saturated heterocycles. The molecular formula is C30H28Cl2N4O2. The molecule has 8 heteroatoms. The number of rotatable bonds is 4. The van der Waals surface area contributed by atoms with Crippen LogP contribution in [0.4, 0.5) is 11.4 Å². The third-order valence-corrected chi connectivity index (χ3v) is 7.86. The lowest BCUT2D eigenvalue weighted by Crippen LogP contribution is -2.49. The molecule has 2 aliphatic heterocycles. The Hall–Kier alpha value is -3.37. The van der Waals surface area contributed by atoms with Gasteiger partial charge in [-0.3, -0.25) is 9.59 Å². The van der Waals surface area contributed by atoms with Crippen molar-refractivity contribution >= 4 is 46.4 Å². The second kappa shape index (κ2) is 9.74. The normalized spacial score (nSPS) is 24.1. The first kappa shape index (κ1) is 26.2. The molecule has 4 atom stereocenters. The number of benzene rings is 3. The molecule has 2 aliphatic rings. The first-order valence-corrected chi connectivity index (χ1v) is 13.2. The molecule has 1 unspecified atom stereocenters. The molecule has 1 fully saturated rings. The van der Waals surface area contributed by atoms with Crippen LogP contribution in [0.15, 0.2) is 66.7 Å². The minimum atomic E-state index is -1.08. The third-order valence-electron chi connectivity index (χ3n) is 7.39. The molecule has 0 radical (unpaired) electrons. The van der Waals surface area contributed by atoms with Crippen molar-refractivity contribution in [3.63, 3.8) is 0 Å². The van der Waals surface area contributed by atoms with Gasteiger partial charge in [0.25, 0.3) is 0 Å². The number of anilines is 2. The van der Waals surface area contributed by atoms with E-state index in [0.717, 1.165) is 11.1 Å². The van der Waals surface area contributed by atoms with Gasteiger partial charge in [0.15, 0.2) is 0 Å². The fourth-order valence-corrected chi connectivity index (χ4v) is 6.34. The van der Waals surface area contributed by atoms with Gasteiger partial charge in [0, 0.05) is 33.4 Å². The Kier molecular flexibility index (Phi) is 6.73. The van der Waals surface area contributed by atoms with Crippen molar-refractivity contribution in [2.75, 3.05) is 10.6 Å². The number of nitrogens with zero attached hydrogens (tertiary/aromatic N) is 1. The van der Waals surface area contributed by atoms with Crippen LogP contribution < -0.4 is 16.0 Å². The Morgan fingerprint density at radius 3 is 2.42 bits per heavy atom. The zero-order chi connectivity index (χ0) is 27.2. The van der Waals surface area contributed by atoms with Crippen LogP contribution in [-0.4, -0.2) is 23.9 Å². The largest absolute Gasteiger partial charge is 0.325 e. The predicted molar refractivity (Wildman–Crippen MR) is 151 cm³/mol. The molecule has 0 saturated carbocycles. The third kappa shape index (κ3) is 4.56. The second-order valence-electron chi connectivity index (χ2n) is 11.2. The SMILES string of the molecule is CC(C)(C)C[C@@H]1N[C@@H](C(=O)Nc2ccc(C#N)cc2)C(c2cccc(Cl)c2)[C@]12C(=O)Nc1cc(Cl)ccc12. The van der Waals surface area contributed by atoms with Gasteiger partial charge in [0.1, 0.15) is 5.41 Å². The number of hydrogen-bond acceptors (Lipinski definition) is 4. The van der Waals surface area contributed by atoms with Crippen LogP contribution in [0.5, 0.6) is 0 Å². The van der Waals surface area contributed by atoms with E-state index in [9.17, 15) is 9.59 Å². The maximum atomic E-state index is 14.1. The van der Waals surface area contributed by atoms with Crippen molar-refractivity contribution in [3.05, 3.63) is 93.5 Å². The second-order valence-corrected chi connectivity index (χ2v) is 12.1. The number of carbonyl (C=O) groups is 2. The highest BCUT2D eigenvalue weighted by Gasteiger charge is 2.65. The molecule has 38 heavy (non-hydrogen) atoms. The van der Waals surface area contributed by atoms with Crippen LogP contribution in [0.25, 0.3) is 0 Å². The van der Waals surface area contributed by atoms with Gasteiger partial charge in [-0.05, 0) is 71.5 Å². The van der Waals surface area contributed by atoms with Crippen LogP contribution >= 0.6 is 23.2 Å². The molecular weight excluding hydrogens is 519 g/mol. The van der Waals surface area contributed by atoms with Crippen LogP contribution in [0.1, 0.15) is 49.8 Å². The standard InChI is InChI=1S/C30H28Cl2N4O2/c1-29(2,3)15-24-30(22-12-9-20(32)14-23(22)35-28(30)38)25(18-5-4-6-19(31)13-18)26(36-24)27(37)34-21-10-7-17(16-33)8-11-21/h4-14,24-26,36H,15H2,1-3H3,(H,34,37)(H,35,38)/t24-,25?,26+,30+/m0/s1. The van der Waals surface area contributed by atoms with E-state index in [2.05, 4.69) is 42.8 Å². The number of hydrogen-bond donors (Lipinski definition) is 3. The highest BCUT2D eigenvalue weighted by molar-refractivity contribution is 6.31. The molecule has 2 heterocycles. The predicted octanol–water partition coefficient (Wildman–Crippen LogP) is 6.25. The number of nitriles is 1. The lowest BCUT2D eigenvalue weighted by molar-refractivity contribution is -0.122. The van der Waals surface area contributed by atoms with Crippen LogP contribution in [-0.2, 0) is 15.0 Å². The van der Waals surface area contributed by atoms with Crippen molar-refractivity contribution in [2.24, 2.45) is 5.41 Å². The van der Waals surface area contributed by atoms with Gasteiger partial charge in [-0.1, -0.05) is 62.2 Å². The van der Waals surface area contributed by atoms with E-state index in [4.69, 9.17) is 28.5 Å². The Bertz CT molecular complexity index is 1460. The van der Waals surface area contributed by atoms with Gasteiger partial charge in [-0.25, -0.2) is 0 Å². The highest BCUT2D eigenvalue weighted by Crippen LogP contribution is 2.56. The summed E-state index contributed by atoms with van der Waals surface area (Å²) in [6.45, 7) is 6.36. The van der Waals surface area contributed by atoms with Gasteiger partial charge >= 0.3 is 0 Å². The first-order chi connectivity index (χ1) is 18.0. The summed E-state index contributed by atoms with van der Waals surface area (Å²) in [5.74, 6) is -1.00. The Balaban J connectivity index is 1.68. The Morgan fingerprint density at radius 2 is 1.76 bits per heavy atom. The van der Waals surface area contributed by atoms with Gasteiger partial charge in [-0.15, -0.1) is 0 Å². The number of nitrogens with one attached hydrogen (secondary N) is 3. The molecule has 3 aromatic carbocycles. The molecule has 3 aromatic rings. The summed E-state index contributed by atoms with van der Waals surface area (Å²) in [5.41, 5.74) is 2.11. The van der Waals surface area contributed by atoms with Crippen LogP contribution in [0, 0.1) is 16.7 Å². The van der Waals surface area contributed by atoms with E-state index in [1.807, 2.05) is 24.3 Å². The van der Waals surface area contributed by atoms with Crippen molar-refractivity contribution in [2.45, 2.75) is 50.6 Å². The van der Waals surface area contributed by atoms with E-state index < -0.39 is 17.4 Å². The summed E-state index contributed by atoms with van der Waals surface area (Å²) < 4.78 is 0. The van der Waals surface area contributed by atoms with Gasteiger partial charge < -0.3 is 16.0 Å². The van der Waals surface area contributed by atoms with Gasteiger partial charge in [-0.2, -0.15) is 5.26 Å². The van der Waals surface area contributed by atoms with Crippen molar-refractivity contribution < 1.29 is 9.59 Å². The molecule has 0 aliphatic carbocycles. The van der Waals surface area contributed by atoms with Gasteiger partial charge in [0.2, 0.25) is 11.8 Å². The minimum Gasteiger partial charge on any atom is -0.325 e. The Morgan fingerprint density at radius 1 is 1.05 bits per heavy atom. The first-order valence-electron chi connectivity index (χ1n) is 12.5. The summed E-state index contributed by atoms with van der Waals surface area (Å²) in [5, 5.41) is 19.8. The molecule has 6 nitrogen and oxygen atoms in total. The summed E-state index contributed by atoms with van der Waals surface area (Å²) in [6, 6.07) is 20.5. The molecule has 5 rings (SSSR count). The maximum Gasteiger partial charge on any atom is 0.242 e. The molecule has 2 amide bonds. The van der Waals surface area contributed by atoms with Crippen molar-refractivity contribution in [1.82, 2.24) is 5.32 Å². The van der Waals surface area contributed by atoms with Gasteiger partial charge in [0.05, 0.1) is 17.7 Å². The fraction of sp³-hybridized carbons (Fsp3) is 0.300. The molecule has 1 spiro atoms. The summed E-state index contributed by atoms with van der Waals surface area (Å²) >= 11 is 12.7. The van der Waals surface area contributed by atoms with E-state index in [1.165, 1.54) is 0 Å². The van der Waals surface area contributed by atoms with Crippen molar-refractivity contribution in [1.29, 1.82) is 5.26 Å². The summed E-state index contributed by atoms with van der Waals surface area (Å²) in [7, 11) is 0. The van der Waals surface area contributed by atoms with E-state index in [0.29, 0.717) is 33.4 Å². The molecule has 194 valence electrons. The topological polar surface area (TPSA) is 94.0 Å². The summed E-state index contributed by atoms with van der Waals surface area (Å²) in [4.78, 5) is 28.1. The van der Waals surface area contributed by atoms with Crippen LogP contribution in [0.2, 0.25) is 10.0 Å². The highest BCUT2D eigenvalue weighted by atomic mass is 35.5. The smallest absolute Gasteiger partial charge is 0.242 e. The van der Waals surface area contributed by atoms with E-state index in [1.54, 1.807) is 42.5 Å². The van der Waals surface area contributed by atoms with Crippen molar-refractivity contribution in [3.8, 4) is 6.07 Å². The summed E-state index contributed by atoms with van der Waals surface area (Å²) in [6.07, 6.45) is 0.639.